The first kappa shape index (κ1) is 20.8. The van der Waals surface area contributed by atoms with Gasteiger partial charge in [-0.25, -0.2) is 4.39 Å². The van der Waals surface area contributed by atoms with E-state index in [1.54, 1.807) is 6.07 Å². The van der Waals surface area contributed by atoms with Gasteiger partial charge < -0.3 is 9.84 Å². The zero-order valence-corrected chi connectivity index (χ0v) is 15.7. The molecule has 2 aromatic carbocycles. The second-order valence-electron chi connectivity index (χ2n) is 5.95. The minimum Gasteiger partial charge on any atom is -0.338 e. The minimum atomic E-state index is -4.45. The lowest BCUT2D eigenvalue weighted by Gasteiger charge is -2.06. The summed E-state index contributed by atoms with van der Waals surface area (Å²) in [5.41, 5.74) is -0.211. The molecule has 1 heterocycles. The number of amides is 1. The number of hydrogen-bond donors (Lipinski definition) is 1. The van der Waals surface area contributed by atoms with Gasteiger partial charge in [-0.3, -0.25) is 4.79 Å². The molecule has 0 aliphatic carbocycles. The van der Waals surface area contributed by atoms with Crippen molar-refractivity contribution in [1.82, 2.24) is 10.1 Å². The second kappa shape index (κ2) is 9.08. The molecule has 0 atom stereocenters. The third kappa shape index (κ3) is 6.05. The number of alkyl halides is 3. The van der Waals surface area contributed by atoms with Crippen LogP contribution >= 0.6 is 11.8 Å². The van der Waals surface area contributed by atoms with Crippen LogP contribution in [0.3, 0.4) is 0 Å². The van der Waals surface area contributed by atoms with Gasteiger partial charge in [0, 0.05) is 23.4 Å². The first-order valence-corrected chi connectivity index (χ1v) is 9.60. The first-order chi connectivity index (χ1) is 13.8. The topological polar surface area (TPSA) is 68.0 Å². The molecule has 10 heteroatoms. The van der Waals surface area contributed by atoms with Gasteiger partial charge in [0.25, 0.3) is 0 Å². The molecule has 0 fully saturated rings. The maximum absolute atomic E-state index is 13.1. The zero-order chi connectivity index (χ0) is 20.9. The van der Waals surface area contributed by atoms with Gasteiger partial charge in [-0.05, 0) is 30.3 Å². The predicted molar refractivity (Wildman–Crippen MR) is 101 cm³/mol. The molecule has 0 bridgehead atoms. The molecule has 152 valence electrons. The molecule has 0 radical (unpaired) electrons. The van der Waals surface area contributed by atoms with E-state index in [-0.39, 0.29) is 29.6 Å². The molecule has 0 saturated carbocycles. The van der Waals surface area contributed by atoms with Crippen molar-refractivity contribution in [3.8, 4) is 11.4 Å². The number of halogens is 4. The van der Waals surface area contributed by atoms with E-state index in [4.69, 9.17) is 4.52 Å². The molecule has 5 nitrogen and oxygen atoms in total. The summed E-state index contributed by atoms with van der Waals surface area (Å²) in [6, 6.07) is 10.3. The highest BCUT2D eigenvalue weighted by molar-refractivity contribution is 7.98. The third-order valence-electron chi connectivity index (χ3n) is 3.72. The molecule has 0 spiro atoms. The standard InChI is InChI=1S/C19H15F4N3O2S/c20-14-5-2-6-15(10-14)24-16(27)7-8-29-11-17-25-18(26-28-17)12-3-1-4-13(9-12)19(21,22)23/h1-6,9-10H,7-8,11H2,(H,24,27). The first-order valence-electron chi connectivity index (χ1n) is 8.44. The Morgan fingerprint density at radius 2 is 1.93 bits per heavy atom. The molecule has 29 heavy (non-hydrogen) atoms. The van der Waals surface area contributed by atoms with Crippen LogP contribution in [0.25, 0.3) is 11.4 Å². The van der Waals surface area contributed by atoms with E-state index in [1.165, 1.54) is 42.1 Å². The number of rotatable bonds is 7. The van der Waals surface area contributed by atoms with Crippen molar-refractivity contribution in [2.24, 2.45) is 0 Å². The molecular formula is C19H15F4N3O2S. The molecule has 0 aliphatic rings. The second-order valence-corrected chi connectivity index (χ2v) is 7.06. The van der Waals surface area contributed by atoms with Crippen LogP contribution < -0.4 is 5.32 Å². The largest absolute Gasteiger partial charge is 0.416 e. The van der Waals surface area contributed by atoms with E-state index in [0.717, 1.165) is 12.1 Å². The number of nitrogens with one attached hydrogen (secondary N) is 1. The van der Waals surface area contributed by atoms with Crippen LogP contribution in [0.4, 0.5) is 23.2 Å². The Hall–Kier alpha value is -2.88. The van der Waals surface area contributed by atoms with Crippen LogP contribution in [0.15, 0.2) is 53.1 Å². The fourth-order valence-electron chi connectivity index (χ4n) is 2.38. The minimum absolute atomic E-state index is 0.0653. The summed E-state index contributed by atoms with van der Waals surface area (Å²) in [6.07, 6.45) is -4.26. The molecule has 0 aliphatic heterocycles. The van der Waals surface area contributed by atoms with Crippen LogP contribution in [-0.2, 0) is 16.7 Å². The Morgan fingerprint density at radius 3 is 2.69 bits per heavy atom. The lowest BCUT2D eigenvalue weighted by Crippen LogP contribution is -2.12. The summed E-state index contributed by atoms with van der Waals surface area (Å²) in [7, 11) is 0. The molecule has 1 N–H and O–H groups in total. The number of benzene rings is 2. The Kier molecular flexibility index (Phi) is 6.53. The summed E-state index contributed by atoms with van der Waals surface area (Å²) in [5, 5.41) is 6.29. The fraction of sp³-hybridized carbons (Fsp3) is 0.211. The van der Waals surface area contributed by atoms with Crippen molar-refractivity contribution in [3.05, 3.63) is 65.8 Å². The molecule has 3 aromatic rings. The van der Waals surface area contributed by atoms with Crippen molar-refractivity contribution < 1.29 is 26.9 Å². The summed E-state index contributed by atoms with van der Waals surface area (Å²) < 4.78 is 56.5. The number of carbonyl (C=O) groups is 1. The van der Waals surface area contributed by atoms with Gasteiger partial charge in [0.05, 0.1) is 11.3 Å². The average Bonchev–Trinajstić information content (AvgIpc) is 3.14. The number of anilines is 1. The number of carbonyl (C=O) groups excluding carboxylic acids is 1. The van der Waals surface area contributed by atoms with Gasteiger partial charge in [0.15, 0.2) is 0 Å². The van der Waals surface area contributed by atoms with Crippen molar-refractivity contribution in [1.29, 1.82) is 0 Å². The van der Waals surface area contributed by atoms with Crippen LogP contribution in [0.5, 0.6) is 0 Å². The van der Waals surface area contributed by atoms with Crippen molar-refractivity contribution >= 4 is 23.4 Å². The smallest absolute Gasteiger partial charge is 0.338 e. The van der Waals surface area contributed by atoms with E-state index >= 15 is 0 Å². The van der Waals surface area contributed by atoms with Gasteiger partial charge in [0.1, 0.15) is 5.82 Å². The van der Waals surface area contributed by atoms with Crippen LogP contribution in [0.2, 0.25) is 0 Å². The SMILES string of the molecule is O=C(CCSCc1nc(-c2cccc(C(F)(F)F)c2)no1)Nc1cccc(F)c1. The van der Waals surface area contributed by atoms with Gasteiger partial charge in [-0.15, -0.1) is 0 Å². The summed E-state index contributed by atoms with van der Waals surface area (Å²) >= 11 is 1.35. The number of aromatic nitrogens is 2. The maximum Gasteiger partial charge on any atom is 0.416 e. The van der Waals surface area contributed by atoms with Gasteiger partial charge in [-0.1, -0.05) is 23.4 Å². The summed E-state index contributed by atoms with van der Waals surface area (Å²) in [4.78, 5) is 15.9. The third-order valence-corrected chi connectivity index (χ3v) is 4.67. The summed E-state index contributed by atoms with van der Waals surface area (Å²) in [5.74, 6) is 0.355. The monoisotopic (exact) mass is 425 g/mol. The lowest BCUT2D eigenvalue weighted by molar-refractivity contribution is -0.137. The molecule has 0 saturated heterocycles. The molecule has 0 unspecified atom stereocenters. The number of nitrogens with zero attached hydrogens (tertiary/aromatic N) is 2. The van der Waals surface area contributed by atoms with Gasteiger partial charge >= 0.3 is 6.18 Å². The highest BCUT2D eigenvalue weighted by Crippen LogP contribution is 2.31. The highest BCUT2D eigenvalue weighted by Gasteiger charge is 2.30. The van der Waals surface area contributed by atoms with Crippen molar-refractivity contribution in [3.63, 3.8) is 0 Å². The van der Waals surface area contributed by atoms with Crippen LogP contribution in [-0.4, -0.2) is 21.8 Å². The molecule has 1 amide bonds. The Morgan fingerprint density at radius 1 is 1.14 bits per heavy atom. The van der Waals surface area contributed by atoms with Crippen molar-refractivity contribution in [2.45, 2.75) is 18.3 Å². The van der Waals surface area contributed by atoms with E-state index in [2.05, 4.69) is 15.5 Å². The van der Waals surface area contributed by atoms with Gasteiger partial charge in [0.2, 0.25) is 17.6 Å². The summed E-state index contributed by atoms with van der Waals surface area (Å²) in [6.45, 7) is 0. The quantitative estimate of drug-likeness (QED) is 0.419. The van der Waals surface area contributed by atoms with Crippen LogP contribution in [0, 0.1) is 5.82 Å². The highest BCUT2D eigenvalue weighted by atomic mass is 32.2. The van der Waals surface area contributed by atoms with E-state index in [0.29, 0.717) is 17.2 Å². The molecule has 1 aromatic heterocycles. The zero-order valence-electron chi connectivity index (χ0n) is 14.9. The number of thioether (sulfide) groups is 1. The number of hydrogen-bond acceptors (Lipinski definition) is 5. The molecule has 3 rings (SSSR count). The fourth-order valence-corrected chi connectivity index (χ4v) is 3.15. The maximum atomic E-state index is 13.1. The Bertz CT molecular complexity index is 991. The predicted octanol–water partition coefficient (Wildman–Crippen LogP) is 5.16. The van der Waals surface area contributed by atoms with E-state index in [9.17, 15) is 22.4 Å². The Balaban J connectivity index is 1.48. The molecular weight excluding hydrogens is 410 g/mol. The van der Waals surface area contributed by atoms with Crippen LogP contribution in [0.1, 0.15) is 17.9 Å². The normalized spacial score (nSPS) is 11.4. The van der Waals surface area contributed by atoms with E-state index in [1.807, 2.05) is 0 Å². The van der Waals surface area contributed by atoms with Crippen molar-refractivity contribution in [2.75, 3.05) is 11.1 Å². The van der Waals surface area contributed by atoms with E-state index < -0.39 is 17.6 Å². The Labute approximate surface area is 167 Å². The lowest BCUT2D eigenvalue weighted by atomic mass is 10.1. The average molecular weight is 425 g/mol. The van der Waals surface area contributed by atoms with Gasteiger partial charge in [-0.2, -0.15) is 29.9 Å².